The van der Waals surface area contributed by atoms with E-state index >= 15 is 0 Å². The van der Waals surface area contributed by atoms with Crippen molar-refractivity contribution in [2.24, 2.45) is 0 Å². The Bertz CT molecular complexity index is 1140. The highest BCUT2D eigenvalue weighted by Crippen LogP contribution is 2.44. The molecule has 6 heteroatoms. The number of aryl methyl sites for hydroxylation is 1. The summed E-state index contributed by atoms with van der Waals surface area (Å²) in [4.78, 5) is 14.2. The molecule has 31 heavy (non-hydrogen) atoms. The van der Waals surface area contributed by atoms with Crippen LogP contribution in [0.2, 0.25) is 0 Å². The van der Waals surface area contributed by atoms with Crippen LogP contribution in [0.3, 0.4) is 0 Å². The van der Waals surface area contributed by atoms with Crippen LogP contribution in [0.25, 0.3) is 17.0 Å². The second-order valence-electron chi connectivity index (χ2n) is 7.33. The third-order valence-corrected chi connectivity index (χ3v) is 6.47. The van der Waals surface area contributed by atoms with E-state index < -0.39 is 5.97 Å². The number of hydrogen-bond acceptors (Lipinski definition) is 3. The van der Waals surface area contributed by atoms with E-state index in [4.69, 9.17) is 5.11 Å². The third kappa shape index (κ3) is 5.38. The Morgan fingerprint density at radius 3 is 2.68 bits per heavy atom. The Kier molecular flexibility index (Phi) is 7.93. The van der Waals surface area contributed by atoms with Crippen LogP contribution in [-0.2, 0) is 11.3 Å². The molecule has 1 N–H and O–H groups in total. The Balaban J connectivity index is 0.00000272. The average Bonchev–Trinajstić information content (AvgIpc) is 3.08. The Labute approximate surface area is 197 Å². The molecule has 0 saturated heterocycles. The molecule has 0 fully saturated rings. The molecule has 0 bridgehead atoms. The summed E-state index contributed by atoms with van der Waals surface area (Å²) in [5.41, 5.74) is 3.59. The summed E-state index contributed by atoms with van der Waals surface area (Å²) in [6.45, 7) is 0.821. The lowest BCUT2D eigenvalue weighted by atomic mass is 10.1. The number of aromatic nitrogens is 1. The summed E-state index contributed by atoms with van der Waals surface area (Å²) in [5, 5.41) is 11.2. The summed E-state index contributed by atoms with van der Waals surface area (Å²) in [6, 6.07) is 19.0. The highest BCUT2D eigenvalue weighted by Gasteiger charge is 2.20. The molecular weight excluding hydrogens is 472 g/mol. The number of halogens is 1. The summed E-state index contributed by atoms with van der Waals surface area (Å²) < 4.78 is 2.21. The van der Waals surface area contributed by atoms with Crippen LogP contribution in [0.5, 0.6) is 0 Å². The largest absolute Gasteiger partial charge is 1.00 e. The lowest BCUT2D eigenvalue weighted by Gasteiger charge is -2.12. The summed E-state index contributed by atoms with van der Waals surface area (Å²) in [7, 11) is 2.10. The number of nitrogens with zero attached hydrogens (tertiary/aromatic N) is 2. The zero-order chi connectivity index (χ0) is 20.9. The molecule has 4 nitrogen and oxygen atoms in total. The minimum Gasteiger partial charge on any atom is -1.00 e. The number of rotatable bonds is 7. The monoisotopic (exact) mass is 496 g/mol. The Morgan fingerprint density at radius 2 is 1.87 bits per heavy atom. The summed E-state index contributed by atoms with van der Waals surface area (Å²) in [6.07, 6.45) is 10.3. The first-order valence-electron chi connectivity index (χ1n) is 10.2. The number of carbonyl (C=O) groups is 1. The number of allylic oxidation sites excluding steroid dienone is 2. The fraction of sp³-hybridized carbons (Fsp3) is 0.200. The van der Waals surface area contributed by atoms with Gasteiger partial charge in [-0.15, -0.1) is 0 Å². The fourth-order valence-corrected chi connectivity index (χ4v) is 4.77. The van der Waals surface area contributed by atoms with Gasteiger partial charge in [-0.3, -0.25) is 4.79 Å². The lowest BCUT2D eigenvalue weighted by Crippen LogP contribution is -3.00. The van der Waals surface area contributed by atoms with Gasteiger partial charge in [0.1, 0.15) is 6.54 Å². The number of benzene rings is 2. The van der Waals surface area contributed by atoms with Crippen molar-refractivity contribution in [1.82, 2.24) is 0 Å². The van der Waals surface area contributed by atoms with Crippen molar-refractivity contribution < 1.29 is 31.4 Å². The Hall–Kier alpha value is -2.57. The van der Waals surface area contributed by atoms with E-state index in [1.165, 1.54) is 32.1 Å². The van der Waals surface area contributed by atoms with Gasteiger partial charge in [-0.2, -0.15) is 4.57 Å². The molecular formula is C25H25BrN2O2S. The molecule has 0 aliphatic carbocycles. The normalized spacial score (nSPS) is 14.2. The smallest absolute Gasteiger partial charge is 0.303 e. The Morgan fingerprint density at radius 1 is 1.10 bits per heavy atom. The predicted molar refractivity (Wildman–Crippen MR) is 123 cm³/mol. The van der Waals surface area contributed by atoms with Crippen molar-refractivity contribution in [3.63, 3.8) is 0 Å². The number of hydrogen-bond donors (Lipinski definition) is 1. The van der Waals surface area contributed by atoms with E-state index in [2.05, 4.69) is 89.5 Å². The number of thioether (sulfide) groups is 1. The molecule has 2 aromatic carbocycles. The number of aliphatic carboxylic acids is 1. The van der Waals surface area contributed by atoms with E-state index in [-0.39, 0.29) is 23.4 Å². The maximum absolute atomic E-state index is 10.7. The van der Waals surface area contributed by atoms with Crippen LogP contribution in [-0.4, -0.2) is 18.1 Å². The first-order valence-corrected chi connectivity index (χ1v) is 11.0. The predicted octanol–water partition coefficient (Wildman–Crippen LogP) is 2.48. The standard InChI is InChI=1S/C25H24N2O2S.BrH/c1-26-22-12-4-5-13-23(22)30-24(26)14-8-9-19-16-18-27(17-7-6-15-25(28)29)21-11-3-2-10-20(19)21;/h2-5,8-14,16,18H,6-7,15,17H2,1H3;1H. The molecule has 0 saturated carbocycles. The van der Waals surface area contributed by atoms with Crippen molar-refractivity contribution >= 4 is 40.4 Å². The van der Waals surface area contributed by atoms with Crippen LogP contribution in [0.15, 0.2) is 82.9 Å². The molecule has 1 aliphatic rings. The minimum atomic E-state index is -0.728. The number of para-hydroxylation sites is 2. The number of anilines is 1. The molecule has 1 aliphatic heterocycles. The lowest BCUT2D eigenvalue weighted by molar-refractivity contribution is -0.671. The van der Waals surface area contributed by atoms with E-state index in [1.54, 1.807) is 11.8 Å². The molecule has 0 radical (unpaired) electrons. The number of unbranched alkanes of at least 4 members (excludes halogenated alkanes) is 1. The van der Waals surface area contributed by atoms with Gasteiger partial charge in [0.05, 0.1) is 16.1 Å². The van der Waals surface area contributed by atoms with Crippen LogP contribution in [0.4, 0.5) is 5.69 Å². The molecule has 0 unspecified atom stereocenters. The molecule has 0 amide bonds. The molecule has 0 spiro atoms. The van der Waals surface area contributed by atoms with Gasteiger partial charge in [0.25, 0.3) is 0 Å². The molecule has 4 rings (SSSR count). The molecule has 1 aromatic heterocycles. The van der Waals surface area contributed by atoms with Gasteiger partial charge < -0.3 is 27.0 Å². The van der Waals surface area contributed by atoms with Crippen molar-refractivity contribution in [3.05, 3.63) is 83.5 Å². The second-order valence-corrected chi connectivity index (χ2v) is 8.39. The van der Waals surface area contributed by atoms with Gasteiger partial charge in [-0.05, 0) is 36.3 Å². The maximum Gasteiger partial charge on any atom is 0.303 e. The molecule has 0 atom stereocenters. The quantitative estimate of drug-likeness (QED) is 0.403. The van der Waals surface area contributed by atoms with E-state index in [0.29, 0.717) is 6.42 Å². The number of pyridine rings is 1. The number of carboxylic acids is 1. The topological polar surface area (TPSA) is 44.4 Å². The number of fused-ring (bicyclic) bond motifs is 2. The first-order chi connectivity index (χ1) is 14.6. The number of carboxylic acid groups (broad SMARTS) is 1. The highest BCUT2D eigenvalue weighted by atomic mass is 79.9. The minimum absolute atomic E-state index is 0. The highest BCUT2D eigenvalue weighted by molar-refractivity contribution is 8.03. The van der Waals surface area contributed by atoms with E-state index in [0.717, 1.165) is 13.0 Å². The fourth-order valence-electron chi connectivity index (χ4n) is 3.71. The molecule has 3 aromatic rings. The van der Waals surface area contributed by atoms with Gasteiger partial charge >= 0.3 is 5.97 Å². The van der Waals surface area contributed by atoms with Crippen molar-refractivity contribution in [1.29, 1.82) is 0 Å². The SMILES string of the molecule is CN1/C(=C/C=C/c2cc[n+](CCCCC(=O)O)c3ccccc23)Sc2ccccc21.[Br-]. The van der Waals surface area contributed by atoms with Gasteiger partial charge in [0, 0.05) is 36.9 Å². The zero-order valence-electron chi connectivity index (χ0n) is 17.4. The van der Waals surface area contributed by atoms with Crippen LogP contribution < -0.4 is 26.4 Å². The van der Waals surface area contributed by atoms with E-state index in [1.807, 2.05) is 6.07 Å². The van der Waals surface area contributed by atoms with Crippen molar-refractivity contribution in [2.75, 3.05) is 11.9 Å². The molecule has 2 heterocycles. The second kappa shape index (κ2) is 10.6. The molecule has 160 valence electrons. The van der Waals surface area contributed by atoms with Gasteiger partial charge in [-0.25, -0.2) is 0 Å². The van der Waals surface area contributed by atoms with Gasteiger partial charge in [-0.1, -0.05) is 48.2 Å². The van der Waals surface area contributed by atoms with Crippen molar-refractivity contribution in [2.45, 2.75) is 30.7 Å². The zero-order valence-corrected chi connectivity index (χ0v) is 19.8. The van der Waals surface area contributed by atoms with Crippen LogP contribution in [0.1, 0.15) is 24.8 Å². The third-order valence-electron chi connectivity index (χ3n) is 5.28. The van der Waals surface area contributed by atoms with Crippen molar-refractivity contribution in [3.8, 4) is 0 Å². The average molecular weight is 497 g/mol. The summed E-state index contributed by atoms with van der Waals surface area (Å²) in [5.74, 6) is -0.728. The van der Waals surface area contributed by atoms with E-state index in [9.17, 15) is 4.79 Å². The summed E-state index contributed by atoms with van der Waals surface area (Å²) >= 11 is 1.79. The van der Waals surface area contributed by atoms with Gasteiger partial charge in [0.2, 0.25) is 5.52 Å². The van der Waals surface area contributed by atoms with Gasteiger partial charge in [0.15, 0.2) is 6.20 Å². The first kappa shape index (κ1) is 23.1. The maximum atomic E-state index is 10.7. The van der Waals surface area contributed by atoms with Crippen LogP contribution in [0, 0.1) is 0 Å². The van der Waals surface area contributed by atoms with Crippen LogP contribution >= 0.6 is 11.8 Å².